The van der Waals surface area contributed by atoms with Gasteiger partial charge in [0, 0.05) is 106 Å². The zero-order chi connectivity index (χ0) is 24.5. The van der Waals surface area contributed by atoms with Gasteiger partial charge in [-0.05, 0) is 18.2 Å². The van der Waals surface area contributed by atoms with E-state index >= 15 is 0 Å². The molecule has 0 aromatic heterocycles. The molecule has 1 heterocycles. The van der Waals surface area contributed by atoms with Gasteiger partial charge < -0.3 is 28.3 Å². The first-order valence-electron chi connectivity index (χ1n) is 12.0. The van der Waals surface area contributed by atoms with Crippen LogP contribution in [0.1, 0.15) is 20.7 Å². The Morgan fingerprint density at radius 1 is 0.706 bits per heavy atom. The van der Waals surface area contributed by atoms with E-state index in [1.165, 1.54) is 4.90 Å². The lowest BCUT2D eigenvalue weighted by atomic mass is 9.93. The minimum atomic E-state index is -0.266. The van der Waals surface area contributed by atoms with E-state index in [0.29, 0.717) is 75.4 Å². The van der Waals surface area contributed by atoms with Crippen molar-refractivity contribution in [3.63, 3.8) is 0 Å². The fraction of sp³-hybridized carbons (Fsp3) is 0.500. The smallest absolute Gasteiger partial charge is 0.261 e. The molecule has 9 N–H and O–H groups in total. The fourth-order valence-corrected chi connectivity index (χ4v) is 4.49. The highest BCUT2D eigenvalue weighted by molar-refractivity contribution is 6.26. The van der Waals surface area contributed by atoms with Gasteiger partial charge in [0.05, 0.1) is 0 Å². The van der Waals surface area contributed by atoms with Crippen LogP contribution in [0.5, 0.6) is 0 Å². The van der Waals surface area contributed by atoms with Gasteiger partial charge in [0.25, 0.3) is 11.8 Å². The molecule has 1 aliphatic heterocycles. The van der Waals surface area contributed by atoms with Crippen LogP contribution >= 0.6 is 0 Å². The lowest BCUT2D eigenvalue weighted by molar-refractivity contribution is 0.0594. The number of benzene rings is 2. The van der Waals surface area contributed by atoms with Crippen LogP contribution in [0.3, 0.4) is 0 Å². The maximum absolute atomic E-state index is 13.3. The van der Waals surface area contributed by atoms with Gasteiger partial charge in [-0.25, -0.2) is 0 Å². The molecule has 0 saturated carbocycles. The van der Waals surface area contributed by atoms with Gasteiger partial charge in [-0.15, -0.1) is 0 Å². The number of carbonyl (C=O) groups is 2. The first-order valence-corrected chi connectivity index (χ1v) is 12.0. The molecule has 10 heteroatoms. The molecule has 34 heavy (non-hydrogen) atoms. The minimum Gasteiger partial charge on any atom is -0.383 e. The lowest BCUT2D eigenvalue weighted by Crippen LogP contribution is -2.46. The summed E-state index contributed by atoms with van der Waals surface area (Å²) in [6.07, 6.45) is 0. The van der Waals surface area contributed by atoms with Crippen LogP contribution in [0.15, 0.2) is 30.3 Å². The molecule has 186 valence electrons. The second-order valence-electron chi connectivity index (χ2n) is 8.42. The van der Waals surface area contributed by atoms with Crippen molar-refractivity contribution in [2.24, 2.45) is 22.9 Å². The molecular weight excluding hydrogens is 432 g/mol. The molecule has 0 unspecified atom stereocenters. The molecule has 1 aliphatic rings. The van der Waals surface area contributed by atoms with Gasteiger partial charge in [-0.1, -0.05) is 12.1 Å². The Bertz CT molecular complexity index is 949. The molecule has 0 aliphatic carbocycles. The van der Waals surface area contributed by atoms with Crippen molar-refractivity contribution in [3.05, 3.63) is 41.5 Å². The molecule has 0 bridgehead atoms. The number of nitrogens with two attached hydrogens (primary N) is 4. The number of nitrogens with zero attached hydrogens (tertiary/aromatic N) is 3. The van der Waals surface area contributed by atoms with E-state index in [0.717, 1.165) is 30.7 Å². The number of amides is 2. The first kappa shape index (κ1) is 26.0. The van der Waals surface area contributed by atoms with Crippen molar-refractivity contribution >= 4 is 28.3 Å². The van der Waals surface area contributed by atoms with Crippen molar-refractivity contribution in [3.8, 4) is 0 Å². The SMILES string of the molecule is NCCN(CCN)CCNc1ccc2c3c(cccc13)C(=O)N(CCN(CCN)CCN)C2=O. The van der Waals surface area contributed by atoms with E-state index in [4.69, 9.17) is 22.9 Å². The number of nitrogens with one attached hydrogen (secondary N) is 1. The number of carbonyl (C=O) groups excluding carboxylic acids is 2. The third-order valence-electron chi connectivity index (χ3n) is 6.16. The van der Waals surface area contributed by atoms with Crippen molar-refractivity contribution < 1.29 is 9.59 Å². The molecule has 0 spiro atoms. The second kappa shape index (κ2) is 12.7. The van der Waals surface area contributed by atoms with Crippen molar-refractivity contribution in [1.29, 1.82) is 0 Å². The normalized spacial score (nSPS) is 13.5. The number of anilines is 1. The monoisotopic (exact) mass is 470 g/mol. The lowest BCUT2D eigenvalue weighted by Gasteiger charge is -2.30. The van der Waals surface area contributed by atoms with Gasteiger partial charge in [-0.2, -0.15) is 0 Å². The number of hydrogen-bond acceptors (Lipinski definition) is 9. The third-order valence-corrected chi connectivity index (χ3v) is 6.16. The topological polar surface area (TPSA) is 160 Å². The number of imide groups is 1. The highest BCUT2D eigenvalue weighted by Crippen LogP contribution is 2.34. The average Bonchev–Trinajstić information content (AvgIpc) is 2.83. The zero-order valence-electron chi connectivity index (χ0n) is 19.8. The van der Waals surface area contributed by atoms with E-state index < -0.39 is 0 Å². The van der Waals surface area contributed by atoms with Gasteiger partial charge in [0.2, 0.25) is 0 Å². The predicted molar refractivity (Wildman–Crippen MR) is 137 cm³/mol. The Hall–Kier alpha value is -2.60. The fourth-order valence-electron chi connectivity index (χ4n) is 4.49. The van der Waals surface area contributed by atoms with Crippen LogP contribution < -0.4 is 28.3 Å². The molecule has 10 nitrogen and oxygen atoms in total. The third kappa shape index (κ3) is 5.90. The molecule has 0 saturated heterocycles. The van der Waals surface area contributed by atoms with Crippen LogP contribution in [0, 0.1) is 0 Å². The molecule has 0 fully saturated rings. The molecule has 0 radical (unpaired) electrons. The highest BCUT2D eigenvalue weighted by atomic mass is 16.2. The van der Waals surface area contributed by atoms with E-state index in [-0.39, 0.29) is 11.8 Å². The Morgan fingerprint density at radius 3 is 1.85 bits per heavy atom. The van der Waals surface area contributed by atoms with Crippen molar-refractivity contribution in [2.45, 2.75) is 0 Å². The largest absolute Gasteiger partial charge is 0.383 e. The van der Waals surface area contributed by atoms with E-state index in [1.54, 1.807) is 6.07 Å². The summed E-state index contributed by atoms with van der Waals surface area (Å²) in [5.41, 5.74) is 24.7. The Kier molecular flexibility index (Phi) is 9.75. The van der Waals surface area contributed by atoms with Crippen LogP contribution in [-0.4, -0.2) is 105 Å². The summed E-state index contributed by atoms with van der Waals surface area (Å²) in [6, 6.07) is 9.33. The Morgan fingerprint density at radius 2 is 1.26 bits per heavy atom. The predicted octanol–water partition coefficient (Wildman–Crippen LogP) is -0.713. The summed E-state index contributed by atoms with van der Waals surface area (Å²) in [5.74, 6) is -0.532. The van der Waals surface area contributed by atoms with Crippen molar-refractivity contribution in [1.82, 2.24) is 14.7 Å². The maximum Gasteiger partial charge on any atom is 0.261 e. The summed E-state index contributed by atoms with van der Waals surface area (Å²) in [6.45, 7) is 7.40. The quantitative estimate of drug-likeness (QED) is 0.212. The van der Waals surface area contributed by atoms with E-state index in [9.17, 15) is 9.59 Å². The number of hydrogen-bond donors (Lipinski definition) is 5. The molecule has 2 amide bonds. The second-order valence-corrected chi connectivity index (χ2v) is 8.42. The van der Waals surface area contributed by atoms with E-state index in [1.807, 2.05) is 24.3 Å². The Balaban J connectivity index is 1.79. The van der Waals surface area contributed by atoms with Gasteiger partial charge in [-0.3, -0.25) is 24.3 Å². The maximum atomic E-state index is 13.3. The molecular formula is C24H38N8O2. The molecule has 2 aromatic carbocycles. The Labute approximate surface area is 201 Å². The standard InChI is InChI=1S/C24H38N8O2/c25-6-11-30(12-7-26)15-10-29-21-5-4-20-22-18(21)2-1-3-19(22)23(33)32(24(20)34)17-16-31(13-8-27)14-9-28/h1-5,29H,6-17,25-28H2. The molecule has 3 rings (SSSR count). The van der Waals surface area contributed by atoms with E-state index in [2.05, 4.69) is 15.1 Å². The number of rotatable bonds is 15. The van der Waals surface area contributed by atoms with Crippen LogP contribution in [0.2, 0.25) is 0 Å². The highest BCUT2D eigenvalue weighted by Gasteiger charge is 2.33. The summed E-state index contributed by atoms with van der Waals surface area (Å²) in [7, 11) is 0. The van der Waals surface area contributed by atoms with Gasteiger partial charge in [0.1, 0.15) is 0 Å². The first-order chi connectivity index (χ1) is 16.5. The van der Waals surface area contributed by atoms with Crippen molar-refractivity contribution in [2.75, 3.05) is 83.9 Å². The molecule has 0 atom stereocenters. The summed E-state index contributed by atoms with van der Waals surface area (Å²) in [4.78, 5) is 32.2. The van der Waals surface area contributed by atoms with Gasteiger partial charge >= 0.3 is 0 Å². The zero-order valence-corrected chi connectivity index (χ0v) is 19.8. The average molecular weight is 471 g/mol. The summed E-state index contributed by atoms with van der Waals surface area (Å²) >= 11 is 0. The van der Waals surface area contributed by atoms with Crippen LogP contribution in [-0.2, 0) is 0 Å². The van der Waals surface area contributed by atoms with Crippen LogP contribution in [0.4, 0.5) is 5.69 Å². The summed E-state index contributed by atoms with van der Waals surface area (Å²) in [5, 5.41) is 5.03. The van der Waals surface area contributed by atoms with Gasteiger partial charge in [0.15, 0.2) is 0 Å². The van der Waals surface area contributed by atoms with Crippen LogP contribution in [0.25, 0.3) is 10.8 Å². The minimum absolute atomic E-state index is 0.266. The molecule has 2 aromatic rings. The summed E-state index contributed by atoms with van der Waals surface area (Å²) < 4.78 is 0.